The lowest BCUT2D eigenvalue weighted by Crippen LogP contribution is -2.03. The molecule has 0 amide bonds. The summed E-state index contributed by atoms with van der Waals surface area (Å²) in [6, 6.07) is 9.07. The third kappa shape index (κ3) is 3.15. The molecule has 0 saturated heterocycles. The Kier molecular flexibility index (Phi) is 4.06. The summed E-state index contributed by atoms with van der Waals surface area (Å²) in [5.41, 5.74) is 0.270. The van der Waals surface area contributed by atoms with Crippen molar-refractivity contribution in [1.82, 2.24) is 0 Å². The molecule has 0 radical (unpaired) electrons. The number of hydrogen-bond donors (Lipinski definition) is 0. The molecule has 20 heavy (non-hydrogen) atoms. The van der Waals surface area contributed by atoms with Gasteiger partial charge in [0.25, 0.3) is 0 Å². The second kappa shape index (κ2) is 5.60. The second-order valence-corrected chi connectivity index (χ2v) is 6.34. The molecule has 2 aromatic rings. The Bertz CT molecular complexity index is 728. The van der Waals surface area contributed by atoms with Gasteiger partial charge in [0.1, 0.15) is 12.4 Å². The lowest BCUT2D eigenvalue weighted by molar-refractivity contribution is 0.0999. The van der Waals surface area contributed by atoms with Gasteiger partial charge in [0, 0.05) is 18.9 Å². The SMILES string of the molecule is COCc1ccc(C(=O)c2cccc(S(C)(=O)=O)c2)o1. The largest absolute Gasteiger partial charge is 0.455 e. The van der Waals surface area contributed by atoms with E-state index in [4.69, 9.17) is 9.15 Å². The van der Waals surface area contributed by atoms with Crippen LogP contribution in [0.15, 0.2) is 45.7 Å². The van der Waals surface area contributed by atoms with Gasteiger partial charge in [-0.25, -0.2) is 8.42 Å². The Morgan fingerprint density at radius 2 is 2.00 bits per heavy atom. The fourth-order valence-corrected chi connectivity index (χ4v) is 2.40. The molecule has 1 aromatic carbocycles. The van der Waals surface area contributed by atoms with Gasteiger partial charge in [-0.1, -0.05) is 12.1 Å². The van der Waals surface area contributed by atoms with Gasteiger partial charge >= 0.3 is 0 Å². The maximum atomic E-state index is 12.2. The molecule has 0 aliphatic rings. The van der Waals surface area contributed by atoms with Crippen molar-refractivity contribution in [1.29, 1.82) is 0 Å². The number of carbonyl (C=O) groups is 1. The summed E-state index contributed by atoms with van der Waals surface area (Å²) in [4.78, 5) is 12.3. The first-order valence-electron chi connectivity index (χ1n) is 5.84. The monoisotopic (exact) mass is 294 g/mol. The number of hydrogen-bond acceptors (Lipinski definition) is 5. The number of furan rings is 1. The van der Waals surface area contributed by atoms with Crippen molar-refractivity contribution in [2.24, 2.45) is 0 Å². The smallest absolute Gasteiger partial charge is 0.228 e. The van der Waals surface area contributed by atoms with Crippen molar-refractivity contribution in [3.8, 4) is 0 Å². The Morgan fingerprint density at radius 1 is 1.25 bits per heavy atom. The van der Waals surface area contributed by atoms with Crippen LogP contribution in [0.1, 0.15) is 21.9 Å². The molecule has 0 fully saturated rings. The predicted molar refractivity (Wildman–Crippen MR) is 72.4 cm³/mol. The van der Waals surface area contributed by atoms with E-state index in [1.165, 1.54) is 25.3 Å². The fraction of sp³-hybridized carbons (Fsp3) is 0.214. The van der Waals surface area contributed by atoms with Gasteiger partial charge < -0.3 is 9.15 Å². The maximum Gasteiger partial charge on any atom is 0.228 e. The van der Waals surface area contributed by atoms with Crippen molar-refractivity contribution in [2.75, 3.05) is 13.4 Å². The first kappa shape index (κ1) is 14.5. The molecule has 0 saturated carbocycles. The van der Waals surface area contributed by atoms with E-state index in [0.29, 0.717) is 5.76 Å². The van der Waals surface area contributed by atoms with Crippen molar-refractivity contribution in [2.45, 2.75) is 11.5 Å². The summed E-state index contributed by atoms with van der Waals surface area (Å²) >= 11 is 0. The van der Waals surface area contributed by atoms with Gasteiger partial charge in [-0.3, -0.25) is 4.79 Å². The van der Waals surface area contributed by atoms with Crippen LogP contribution in [0.3, 0.4) is 0 Å². The zero-order valence-electron chi connectivity index (χ0n) is 11.1. The van der Waals surface area contributed by atoms with Crippen molar-refractivity contribution >= 4 is 15.6 Å². The van der Waals surface area contributed by atoms with Gasteiger partial charge in [-0.05, 0) is 24.3 Å². The number of carbonyl (C=O) groups excluding carboxylic acids is 1. The fourth-order valence-electron chi connectivity index (χ4n) is 1.73. The predicted octanol–water partition coefficient (Wildman–Crippen LogP) is 2.06. The summed E-state index contributed by atoms with van der Waals surface area (Å²) in [7, 11) is -1.82. The Hall–Kier alpha value is -1.92. The van der Waals surface area contributed by atoms with E-state index in [1.807, 2.05) is 0 Å². The van der Waals surface area contributed by atoms with Gasteiger partial charge in [0.2, 0.25) is 5.78 Å². The van der Waals surface area contributed by atoms with Crippen molar-refractivity contribution in [3.05, 3.63) is 53.5 Å². The number of benzene rings is 1. The third-order valence-electron chi connectivity index (χ3n) is 2.70. The molecular weight excluding hydrogens is 280 g/mol. The molecule has 106 valence electrons. The van der Waals surface area contributed by atoms with Crippen LogP contribution in [0.25, 0.3) is 0 Å². The summed E-state index contributed by atoms with van der Waals surface area (Å²) in [6.45, 7) is 0.274. The number of ketones is 1. The van der Waals surface area contributed by atoms with Crippen molar-refractivity contribution < 1.29 is 22.4 Å². The van der Waals surface area contributed by atoms with Gasteiger partial charge in [0.05, 0.1) is 4.90 Å². The first-order chi connectivity index (χ1) is 9.41. The number of ether oxygens (including phenoxy) is 1. The minimum atomic E-state index is -3.35. The quantitative estimate of drug-likeness (QED) is 0.789. The van der Waals surface area contributed by atoms with Crippen molar-refractivity contribution in [3.63, 3.8) is 0 Å². The maximum absolute atomic E-state index is 12.2. The molecule has 0 spiro atoms. The van der Waals surface area contributed by atoms with Gasteiger partial charge in [-0.2, -0.15) is 0 Å². The molecule has 0 aliphatic heterocycles. The van der Waals surface area contributed by atoms with Crippen LogP contribution in [0.4, 0.5) is 0 Å². The van der Waals surface area contributed by atoms with Gasteiger partial charge in [0.15, 0.2) is 15.6 Å². The average Bonchev–Trinajstić information content (AvgIpc) is 2.86. The van der Waals surface area contributed by atoms with Crippen LogP contribution < -0.4 is 0 Å². The molecule has 0 aliphatic carbocycles. The molecule has 5 nitrogen and oxygen atoms in total. The molecular formula is C14H14O5S. The van der Waals surface area contributed by atoms with Crippen LogP contribution in [0, 0.1) is 0 Å². The highest BCUT2D eigenvalue weighted by atomic mass is 32.2. The molecule has 0 N–H and O–H groups in total. The molecule has 1 heterocycles. The molecule has 6 heteroatoms. The molecule has 2 rings (SSSR count). The van der Waals surface area contributed by atoms with Crippen LogP contribution in [0.2, 0.25) is 0 Å². The lowest BCUT2D eigenvalue weighted by atomic mass is 10.1. The minimum Gasteiger partial charge on any atom is -0.455 e. The highest BCUT2D eigenvalue weighted by molar-refractivity contribution is 7.90. The molecule has 0 bridgehead atoms. The zero-order chi connectivity index (χ0) is 14.8. The number of rotatable bonds is 5. The average molecular weight is 294 g/mol. The van der Waals surface area contributed by atoms with E-state index in [-0.39, 0.29) is 28.6 Å². The highest BCUT2D eigenvalue weighted by Crippen LogP contribution is 2.17. The van der Waals surface area contributed by atoms with E-state index in [1.54, 1.807) is 18.2 Å². The summed E-state index contributed by atoms with van der Waals surface area (Å²) in [6.07, 6.45) is 1.10. The summed E-state index contributed by atoms with van der Waals surface area (Å²) in [5, 5.41) is 0. The summed E-state index contributed by atoms with van der Waals surface area (Å²) in [5.74, 6) is 0.329. The van der Waals surface area contributed by atoms with E-state index >= 15 is 0 Å². The third-order valence-corrected chi connectivity index (χ3v) is 3.81. The highest BCUT2D eigenvalue weighted by Gasteiger charge is 2.16. The topological polar surface area (TPSA) is 73.6 Å². The lowest BCUT2D eigenvalue weighted by Gasteiger charge is -2.01. The molecule has 0 atom stereocenters. The van der Waals surface area contributed by atoms with E-state index in [0.717, 1.165) is 6.26 Å². The van der Waals surface area contributed by atoms with Crippen LogP contribution in [-0.2, 0) is 21.2 Å². The number of sulfone groups is 1. The Labute approximate surface area is 117 Å². The van der Waals surface area contributed by atoms with Gasteiger partial charge in [-0.15, -0.1) is 0 Å². The molecule has 0 unspecified atom stereocenters. The van der Waals surface area contributed by atoms with Crippen LogP contribution in [-0.4, -0.2) is 27.6 Å². The summed E-state index contributed by atoms with van der Waals surface area (Å²) < 4.78 is 33.2. The van der Waals surface area contributed by atoms with E-state index in [9.17, 15) is 13.2 Å². The Morgan fingerprint density at radius 3 is 2.65 bits per heavy atom. The number of methoxy groups -OCH3 is 1. The van der Waals surface area contributed by atoms with E-state index in [2.05, 4.69) is 0 Å². The Balaban J connectivity index is 2.33. The van der Waals surface area contributed by atoms with Crippen LogP contribution >= 0.6 is 0 Å². The standard InChI is InChI=1S/C14H14O5S/c1-18-9-11-6-7-13(19-11)14(15)10-4-3-5-12(8-10)20(2,16)17/h3-8H,9H2,1-2H3. The second-order valence-electron chi connectivity index (χ2n) is 4.33. The molecule has 1 aromatic heterocycles. The zero-order valence-corrected chi connectivity index (χ0v) is 11.9. The normalized spacial score (nSPS) is 11.5. The van der Waals surface area contributed by atoms with Crippen LogP contribution in [0.5, 0.6) is 0 Å². The minimum absolute atomic E-state index is 0.104. The van der Waals surface area contributed by atoms with E-state index < -0.39 is 9.84 Å². The first-order valence-corrected chi connectivity index (χ1v) is 7.73.